The largest absolute Gasteiger partial charge is 0.495 e. The molecule has 1 unspecified atom stereocenters. The highest BCUT2D eigenvalue weighted by molar-refractivity contribution is 6.32. The second kappa shape index (κ2) is 7.61. The standard InChI is InChI=1S/C16H22ClN3O4/c1-9(2)20-8-10(5-15(20)21)18-16(22)19-12-7-13(23-3)11(17)6-14(12)24-4/h6-7,9-10H,5,8H2,1-4H3,(H2,18,19,22). The number of benzene rings is 1. The Bertz CT molecular complexity index is 636. The molecule has 1 aliphatic heterocycles. The predicted molar refractivity (Wildman–Crippen MR) is 92.0 cm³/mol. The van der Waals surface area contributed by atoms with Crippen LogP contribution in [-0.4, -0.2) is 49.7 Å². The number of methoxy groups -OCH3 is 2. The highest BCUT2D eigenvalue weighted by Gasteiger charge is 2.32. The van der Waals surface area contributed by atoms with Crippen molar-refractivity contribution in [2.24, 2.45) is 0 Å². The lowest BCUT2D eigenvalue weighted by atomic mass is 10.2. The van der Waals surface area contributed by atoms with Crippen LogP contribution in [0.2, 0.25) is 5.02 Å². The summed E-state index contributed by atoms with van der Waals surface area (Å²) in [6, 6.07) is 2.63. The number of carbonyl (C=O) groups is 2. The molecule has 0 spiro atoms. The Balaban J connectivity index is 2.04. The van der Waals surface area contributed by atoms with Gasteiger partial charge >= 0.3 is 6.03 Å². The Morgan fingerprint density at radius 3 is 2.50 bits per heavy atom. The number of hydrogen-bond acceptors (Lipinski definition) is 4. The average Bonchev–Trinajstić information content (AvgIpc) is 2.89. The second-order valence-electron chi connectivity index (χ2n) is 5.83. The minimum atomic E-state index is -0.416. The van der Waals surface area contributed by atoms with Gasteiger partial charge in [0.25, 0.3) is 0 Å². The molecule has 132 valence electrons. The van der Waals surface area contributed by atoms with Crippen LogP contribution in [0.25, 0.3) is 0 Å². The van der Waals surface area contributed by atoms with Crippen LogP contribution < -0.4 is 20.1 Å². The summed E-state index contributed by atoms with van der Waals surface area (Å²) in [7, 11) is 2.97. The van der Waals surface area contributed by atoms with Crippen molar-refractivity contribution in [3.05, 3.63) is 17.2 Å². The van der Waals surface area contributed by atoms with Gasteiger partial charge in [0.15, 0.2) is 0 Å². The molecule has 2 rings (SSSR count). The van der Waals surface area contributed by atoms with E-state index in [9.17, 15) is 9.59 Å². The van der Waals surface area contributed by atoms with E-state index in [1.54, 1.807) is 17.0 Å². The van der Waals surface area contributed by atoms with Crippen LogP contribution in [0.5, 0.6) is 11.5 Å². The summed E-state index contributed by atoms with van der Waals surface area (Å²) in [6.45, 7) is 4.40. The molecule has 0 aromatic heterocycles. The molecule has 0 saturated carbocycles. The minimum Gasteiger partial charge on any atom is -0.495 e. The first-order valence-electron chi connectivity index (χ1n) is 7.64. The zero-order valence-electron chi connectivity index (χ0n) is 14.2. The fraction of sp³-hybridized carbons (Fsp3) is 0.500. The Labute approximate surface area is 146 Å². The third-order valence-corrected chi connectivity index (χ3v) is 4.13. The monoisotopic (exact) mass is 355 g/mol. The van der Waals surface area contributed by atoms with Crippen molar-refractivity contribution in [2.75, 3.05) is 26.1 Å². The van der Waals surface area contributed by atoms with E-state index >= 15 is 0 Å². The smallest absolute Gasteiger partial charge is 0.319 e. The number of likely N-dealkylation sites (tertiary alicyclic amines) is 1. The molecule has 3 amide bonds. The van der Waals surface area contributed by atoms with E-state index in [4.69, 9.17) is 21.1 Å². The number of nitrogens with zero attached hydrogens (tertiary/aromatic N) is 1. The van der Waals surface area contributed by atoms with Gasteiger partial charge in [-0.25, -0.2) is 4.79 Å². The first-order chi connectivity index (χ1) is 11.3. The van der Waals surface area contributed by atoms with Crippen molar-refractivity contribution in [3.8, 4) is 11.5 Å². The molecule has 8 heteroatoms. The fourth-order valence-corrected chi connectivity index (χ4v) is 2.86. The highest BCUT2D eigenvalue weighted by Crippen LogP contribution is 2.35. The first-order valence-corrected chi connectivity index (χ1v) is 8.02. The van der Waals surface area contributed by atoms with Crippen LogP contribution in [0.1, 0.15) is 20.3 Å². The van der Waals surface area contributed by atoms with E-state index in [0.717, 1.165) is 0 Å². The van der Waals surface area contributed by atoms with Gasteiger partial charge in [0.1, 0.15) is 11.5 Å². The molecule has 1 aromatic carbocycles. The number of hydrogen-bond donors (Lipinski definition) is 2. The van der Waals surface area contributed by atoms with E-state index in [0.29, 0.717) is 35.2 Å². The maximum absolute atomic E-state index is 12.2. The van der Waals surface area contributed by atoms with Gasteiger partial charge in [0.05, 0.1) is 31.0 Å². The zero-order chi connectivity index (χ0) is 17.9. The summed E-state index contributed by atoms with van der Waals surface area (Å²) in [5, 5.41) is 5.89. The lowest BCUT2D eigenvalue weighted by Crippen LogP contribution is -2.40. The van der Waals surface area contributed by atoms with E-state index in [1.165, 1.54) is 14.2 Å². The van der Waals surface area contributed by atoms with E-state index < -0.39 is 6.03 Å². The normalized spacial score (nSPS) is 17.2. The topological polar surface area (TPSA) is 79.9 Å². The third-order valence-electron chi connectivity index (χ3n) is 3.84. The minimum absolute atomic E-state index is 0.0426. The molecule has 1 aliphatic rings. The summed E-state index contributed by atoms with van der Waals surface area (Å²) in [5.41, 5.74) is 0.432. The van der Waals surface area contributed by atoms with E-state index in [2.05, 4.69) is 10.6 Å². The van der Waals surface area contributed by atoms with Crippen molar-refractivity contribution < 1.29 is 19.1 Å². The Morgan fingerprint density at radius 1 is 1.29 bits per heavy atom. The summed E-state index contributed by atoms with van der Waals surface area (Å²) < 4.78 is 10.4. The van der Waals surface area contributed by atoms with Gasteiger partial charge in [-0.3, -0.25) is 4.79 Å². The van der Waals surface area contributed by atoms with Crippen LogP contribution in [0.4, 0.5) is 10.5 Å². The van der Waals surface area contributed by atoms with Gasteiger partial charge in [-0.05, 0) is 13.8 Å². The van der Waals surface area contributed by atoms with Gasteiger partial charge < -0.3 is 25.0 Å². The van der Waals surface area contributed by atoms with Gasteiger partial charge in [-0.1, -0.05) is 11.6 Å². The first kappa shape index (κ1) is 18.2. The van der Waals surface area contributed by atoms with Crippen LogP contribution in [0.15, 0.2) is 12.1 Å². The Kier molecular flexibility index (Phi) is 5.77. The molecule has 7 nitrogen and oxygen atoms in total. The van der Waals surface area contributed by atoms with Crippen molar-refractivity contribution in [3.63, 3.8) is 0 Å². The van der Waals surface area contributed by atoms with Crippen LogP contribution in [0.3, 0.4) is 0 Å². The lowest BCUT2D eigenvalue weighted by Gasteiger charge is -2.21. The van der Waals surface area contributed by atoms with Crippen LogP contribution in [-0.2, 0) is 4.79 Å². The van der Waals surface area contributed by atoms with E-state index in [-0.39, 0.29) is 18.0 Å². The van der Waals surface area contributed by atoms with Gasteiger partial charge in [-0.2, -0.15) is 0 Å². The number of nitrogens with one attached hydrogen (secondary N) is 2. The SMILES string of the molecule is COc1cc(NC(=O)NC2CC(=O)N(C(C)C)C2)c(OC)cc1Cl. The lowest BCUT2D eigenvalue weighted by molar-refractivity contribution is -0.129. The predicted octanol–water partition coefficient (Wildman–Crippen LogP) is 2.49. The van der Waals surface area contributed by atoms with Gasteiger partial charge in [0.2, 0.25) is 5.91 Å². The molecule has 1 atom stereocenters. The molecule has 0 bridgehead atoms. The summed E-state index contributed by atoms with van der Waals surface area (Å²) in [6.07, 6.45) is 0.298. The number of anilines is 1. The molecule has 1 aromatic rings. The molecule has 1 heterocycles. The number of urea groups is 1. The number of ether oxygens (including phenoxy) is 2. The van der Waals surface area contributed by atoms with Crippen molar-refractivity contribution in [1.82, 2.24) is 10.2 Å². The maximum Gasteiger partial charge on any atom is 0.319 e. The van der Waals surface area contributed by atoms with Crippen molar-refractivity contribution >= 4 is 29.2 Å². The third kappa shape index (κ3) is 4.03. The van der Waals surface area contributed by atoms with Crippen molar-refractivity contribution in [1.29, 1.82) is 0 Å². The second-order valence-corrected chi connectivity index (χ2v) is 6.23. The highest BCUT2D eigenvalue weighted by atomic mass is 35.5. The quantitative estimate of drug-likeness (QED) is 0.850. The maximum atomic E-state index is 12.2. The molecule has 1 saturated heterocycles. The molecular formula is C16H22ClN3O4. The Morgan fingerprint density at radius 2 is 1.96 bits per heavy atom. The summed E-state index contributed by atoms with van der Waals surface area (Å²) in [4.78, 5) is 25.9. The van der Waals surface area contributed by atoms with Crippen LogP contribution >= 0.6 is 11.6 Å². The molecule has 0 aliphatic carbocycles. The molecule has 1 fully saturated rings. The average molecular weight is 356 g/mol. The molecule has 24 heavy (non-hydrogen) atoms. The summed E-state index contributed by atoms with van der Waals surface area (Å²) in [5.74, 6) is 0.887. The zero-order valence-corrected chi connectivity index (χ0v) is 14.9. The Hall–Kier alpha value is -2.15. The van der Waals surface area contributed by atoms with Gasteiger partial charge in [0, 0.05) is 31.1 Å². The molecular weight excluding hydrogens is 334 g/mol. The van der Waals surface area contributed by atoms with E-state index in [1.807, 2.05) is 13.8 Å². The fourth-order valence-electron chi connectivity index (χ4n) is 2.63. The number of carbonyl (C=O) groups excluding carboxylic acids is 2. The van der Waals surface area contributed by atoms with Crippen molar-refractivity contribution in [2.45, 2.75) is 32.4 Å². The number of rotatable bonds is 5. The van der Waals surface area contributed by atoms with Gasteiger partial charge in [-0.15, -0.1) is 0 Å². The van der Waals surface area contributed by atoms with Crippen LogP contribution in [0, 0.1) is 0 Å². The summed E-state index contributed by atoms with van der Waals surface area (Å²) >= 11 is 6.04. The number of halogens is 1. The molecule has 0 radical (unpaired) electrons. The molecule has 2 N–H and O–H groups in total. The number of amides is 3.